The minimum atomic E-state index is -1.09. The number of methoxy groups -OCH3 is 1. The Kier molecular flexibility index (Phi) is 4.74. The summed E-state index contributed by atoms with van der Waals surface area (Å²) < 4.78 is 4.76. The predicted octanol–water partition coefficient (Wildman–Crippen LogP) is 1.78. The van der Waals surface area contributed by atoms with Crippen molar-refractivity contribution in [1.29, 1.82) is 0 Å². The number of carboxylic acid groups (broad SMARTS) is 1. The van der Waals surface area contributed by atoms with Gasteiger partial charge in [-0.15, -0.1) is 0 Å². The molecule has 1 amide bonds. The summed E-state index contributed by atoms with van der Waals surface area (Å²) in [7, 11) is 1.30. The first-order chi connectivity index (χ1) is 9.61. The maximum atomic E-state index is 11.9. The molecule has 5 heteroatoms. The van der Waals surface area contributed by atoms with Gasteiger partial charge in [0.15, 0.2) is 6.10 Å². The number of carbonyl (C=O) groups excluding carboxylic acids is 1. The zero-order valence-corrected chi connectivity index (χ0v) is 11.5. The Morgan fingerprint density at radius 1 is 1.35 bits per heavy atom. The SMILES string of the molecule is COC(CNC(=O)c1ccc(C2CCC2)cc1)C(=O)O. The van der Waals surface area contributed by atoms with Gasteiger partial charge in [0.05, 0.1) is 6.54 Å². The molecule has 0 heterocycles. The van der Waals surface area contributed by atoms with Crippen LogP contribution < -0.4 is 5.32 Å². The highest BCUT2D eigenvalue weighted by atomic mass is 16.5. The number of hydrogen-bond acceptors (Lipinski definition) is 3. The molecule has 108 valence electrons. The van der Waals surface area contributed by atoms with Crippen molar-refractivity contribution < 1.29 is 19.4 Å². The van der Waals surface area contributed by atoms with Crippen molar-refractivity contribution in [3.8, 4) is 0 Å². The Labute approximate surface area is 117 Å². The summed E-state index contributed by atoms with van der Waals surface area (Å²) in [5.41, 5.74) is 1.81. The summed E-state index contributed by atoms with van der Waals surface area (Å²) in [6.45, 7) is -0.0466. The average Bonchev–Trinajstić information content (AvgIpc) is 2.37. The van der Waals surface area contributed by atoms with Gasteiger partial charge in [-0.1, -0.05) is 18.6 Å². The Morgan fingerprint density at radius 2 is 2.00 bits per heavy atom. The van der Waals surface area contributed by atoms with E-state index >= 15 is 0 Å². The largest absolute Gasteiger partial charge is 0.479 e. The predicted molar refractivity (Wildman–Crippen MR) is 73.8 cm³/mol. The molecule has 1 aromatic carbocycles. The molecule has 2 rings (SSSR count). The highest BCUT2D eigenvalue weighted by molar-refractivity contribution is 5.94. The van der Waals surface area contributed by atoms with Crippen molar-refractivity contribution in [3.05, 3.63) is 35.4 Å². The van der Waals surface area contributed by atoms with Crippen LogP contribution in [0.15, 0.2) is 24.3 Å². The molecule has 0 saturated heterocycles. The van der Waals surface area contributed by atoms with Gasteiger partial charge in [0, 0.05) is 12.7 Å². The number of benzene rings is 1. The first-order valence-corrected chi connectivity index (χ1v) is 6.75. The number of nitrogens with one attached hydrogen (secondary N) is 1. The molecule has 1 aliphatic rings. The fourth-order valence-corrected chi connectivity index (χ4v) is 2.21. The van der Waals surface area contributed by atoms with E-state index in [2.05, 4.69) is 5.32 Å². The standard InChI is InChI=1S/C15H19NO4/c1-20-13(15(18)19)9-16-14(17)12-7-5-11(6-8-12)10-3-2-4-10/h5-8,10,13H,2-4,9H2,1H3,(H,16,17)(H,18,19). The fraction of sp³-hybridized carbons (Fsp3) is 0.467. The molecule has 20 heavy (non-hydrogen) atoms. The second kappa shape index (κ2) is 6.52. The van der Waals surface area contributed by atoms with Crippen LogP contribution in [0.3, 0.4) is 0 Å². The van der Waals surface area contributed by atoms with Crippen LogP contribution in [-0.4, -0.2) is 36.7 Å². The molecule has 0 aromatic heterocycles. The number of ether oxygens (including phenoxy) is 1. The van der Waals surface area contributed by atoms with Gasteiger partial charge in [-0.2, -0.15) is 0 Å². The lowest BCUT2D eigenvalue weighted by Crippen LogP contribution is -2.37. The first kappa shape index (κ1) is 14.5. The molecule has 1 unspecified atom stereocenters. The minimum Gasteiger partial charge on any atom is -0.479 e. The summed E-state index contributed by atoms with van der Waals surface area (Å²) >= 11 is 0. The second-order valence-corrected chi connectivity index (χ2v) is 5.02. The number of rotatable bonds is 6. The number of carbonyl (C=O) groups is 2. The van der Waals surface area contributed by atoms with Crippen LogP contribution >= 0.6 is 0 Å². The summed E-state index contributed by atoms with van der Waals surface area (Å²) in [6, 6.07) is 7.52. The molecule has 5 nitrogen and oxygen atoms in total. The van der Waals surface area contributed by atoms with Gasteiger partial charge in [-0.3, -0.25) is 4.79 Å². The molecule has 1 aliphatic carbocycles. The molecular formula is C15H19NO4. The molecule has 0 spiro atoms. The van der Waals surface area contributed by atoms with Gasteiger partial charge in [0.25, 0.3) is 5.91 Å². The molecule has 2 N–H and O–H groups in total. The molecule has 0 bridgehead atoms. The van der Waals surface area contributed by atoms with Gasteiger partial charge in [0.2, 0.25) is 0 Å². The topological polar surface area (TPSA) is 75.6 Å². The van der Waals surface area contributed by atoms with Crippen molar-refractivity contribution in [2.24, 2.45) is 0 Å². The van der Waals surface area contributed by atoms with Gasteiger partial charge in [0.1, 0.15) is 0 Å². The summed E-state index contributed by atoms with van der Waals surface area (Å²) in [6.07, 6.45) is 2.70. The number of amides is 1. The van der Waals surface area contributed by atoms with Crippen LogP contribution in [0.4, 0.5) is 0 Å². The molecule has 0 aliphatic heterocycles. The van der Waals surface area contributed by atoms with Crippen molar-refractivity contribution in [2.75, 3.05) is 13.7 Å². The smallest absolute Gasteiger partial charge is 0.334 e. The second-order valence-electron chi connectivity index (χ2n) is 5.02. The van der Waals surface area contributed by atoms with E-state index in [1.807, 2.05) is 12.1 Å². The molecule has 0 radical (unpaired) electrons. The Morgan fingerprint density at radius 3 is 2.45 bits per heavy atom. The number of aliphatic carboxylic acids is 1. The lowest BCUT2D eigenvalue weighted by molar-refractivity contribution is -0.148. The number of hydrogen-bond donors (Lipinski definition) is 2. The van der Waals surface area contributed by atoms with Crippen LogP contribution in [0.25, 0.3) is 0 Å². The maximum Gasteiger partial charge on any atom is 0.334 e. The van der Waals surface area contributed by atoms with Crippen molar-refractivity contribution in [2.45, 2.75) is 31.3 Å². The van der Waals surface area contributed by atoms with Crippen LogP contribution in [0, 0.1) is 0 Å². The zero-order valence-electron chi connectivity index (χ0n) is 11.5. The van der Waals surface area contributed by atoms with Crippen LogP contribution in [-0.2, 0) is 9.53 Å². The lowest BCUT2D eigenvalue weighted by Gasteiger charge is -2.25. The monoisotopic (exact) mass is 277 g/mol. The van der Waals surface area contributed by atoms with Gasteiger partial charge in [-0.25, -0.2) is 4.79 Å². The number of carboxylic acids is 1. The van der Waals surface area contributed by atoms with Crippen LogP contribution in [0.2, 0.25) is 0 Å². The molecule has 1 atom stereocenters. The lowest BCUT2D eigenvalue weighted by atomic mass is 9.80. The summed E-state index contributed by atoms with van der Waals surface area (Å²) in [4.78, 5) is 22.7. The van der Waals surface area contributed by atoms with Crippen LogP contribution in [0.1, 0.15) is 41.1 Å². The van der Waals surface area contributed by atoms with Crippen molar-refractivity contribution in [3.63, 3.8) is 0 Å². The van der Waals surface area contributed by atoms with Crippen molar-refractivity contribution in [1.82, 2.24) is 5.32 Å². The molecular weight excluding hydrogens is 258 g/mol. The van der Waals surface area contributed by atoms with Gasteiger partial charge < -0.3 is 15.2 Å². The Bertz CT molecular complexity index is 479. The maximum absolute atomic E-state index is 11.9. The molecule has 1 fully saturated rings. The highest BCUT2D eigenvalue weighted by Crippen LogP contribution is 2.36. The summed E-state index contributed by atoms with van der Waals surface area (Å²) in [5.74, 6) is -0.737. The third-order valence-corrected chi connectivity index (χ3v) is 3.76. The third kappa shape index (κ3) is 3.36. The van der Waals surface area contributed by atoms with E-state index in [1.54, 1.807) is 12.1 Å². The third-order valence-electron chi connectivity index (χ3n) is 3.76. The fourth-order valence-electron chi connectivity index (χ4n) is 2.21. The van der Waals surface area contributed by atoms with E-state index in [1.165, 1.54) is 31.9 Å². The van der Waals surface area contributed by atoms with Crippen molar-refractivity contribution >= 4 is 11.9 Å². The highest BCUT2D eigenvalue weighted by Gasteiger charge is 2.20. The van der Waals surface area contributed by atoms with E-state index in [4.69, 9.17) is 9.84 Å². The van der Waals surface area contributed by atoms with E-state index < -0.39 is 12.1 Å². The quantitative estimate of drug-likeness (QED) is 0.831. The zero-order chi connectivity index (χ0) is 14.5. The first-order valence-electron chi connectivity index (χ1n) is 6.75. The van der Waals surface area contributed by atoms with Crippen LogP contribution in [0.5, 0.6) is 0 Å². The summed E-state index contributed by atoms with van der Waals surface area (Å²) in [5, 5.41) is 11.4. The Balaban J connectivity index is 1.90. The molecule has 1 aromatic rings. The molecule has 1 saturated carbocycles. The average molecular weight is 277 g/mol. The Hall–Kier alpha value is -1.88. The van der Waals surface area contributed by atoms with E-state index in [-0.39, 0.29) is 12.5 Å². The minimum absolute atomic E-state index is 0.0466. The normalized spacial score (nSPS) is 16.2. The van der Waals surface area contributed by atoms with Gasteiger partial charge >= 0.3 is 5.97 Å². The van der Waals surface area contributed by atoms with E-state index in [0.29, 0.717) is 11.5 Å². The van der Waals surface area contributed by atoms with Gasteiger partial charge in [-0.05, 0) is 36.5 Å². The van der Waals surface area contributed by atoms with E-state index in [0.717, 1.165) is 0 Å². The van der Waals surface area contributed by atoms with E-state index in [9.17, 15) is 9.59 Å².